The molecular weight excluding hydrogens is 269 g/mol. The second-order valence-corrected chi connectivity index (χ2v) is 4.72. The summed E-state index contributed by atoms with van der Waals surface area (Å²) in [5.41, 5.74) is -0.739. The van der Waals surface area contributed by atoms with Gasteiger partial charge < -0.3 is 10.1 Å². The van der Waals surface area contributed by atoms with E-state index >= 15 is 0 Å². The number of nitrogens with zero attached hydrogens (tertiary/aromatic N) is 1. The highest BCUT2D eigenvalue weighted by molar-refractivity contribution is 5.53. The van der Waals surface area contributed by atoms with Gasteiger partial charge in [0.1, 0.15) is 0 Å². The van der Waals surface area contributed by atoms with Gasteiger partial charge in [-0.05, 0) is 37.5 Å². The van der Waals surface area contributed by atoms with Gasteiger partial charge in [0.25, 0.3) is 0 Å². The van der Waals surface area contributed by atoms with Crippen molar-refractivity contribution in [3.8, 4) is 6.07 Å². The van der Waals surface area contributed by atoms with Gasteiger partial charge in [0.15, 0.2) is 0 Å². The third-order valence-electron chi connectivity index (χ3n) is 3.26. The number of halogens is 3. The lowest BCUT2D eigenvalue weighted by atomic mass is 10.1. The fourth-order valence-electron chi connectivity index (χ4n) is 2.24. The summed E-state index contributed by atoms with van der Waals surface area (Å²) < 4.78 is 43.4. The van der Waals surface area contributed by atoms with Crippen LogP contribution in [-0.2, 0) is 10.9 Å². The standard InChI is InChI=1S/C14H15F3N2O/c15-14(16,17)13-4-3-11(8-10(13)9-18)19-6-5-12-2-1-7-20-12/h3-4,8,12,19H,1-2,5-7H2. The Balaban J connectivity index is 1.97. The first kappa shape index (κ1) is 14.7. The van der Waals surface area contributed by atoms with Gasteiger partial charge in [0.2, 0.25) is 0 Å². The van der Waals surface area contributed by atoms with E-state index in [1.807, 2.05) is 0 Å². The van der Waals surface area contributed by atoms with Crippen molar-refractivity contribution in [2.45, 2.75) is 31.5 Å². The molecule has 1 fully saturated rings. The summed E-state index contributed by atoms with van der Waals surface area (Å²) in [6.45, 7) is 1.39. The Kier molecular flexibility index (Phi) is 4.50. The number of hydrogen-bond donors (Lipinski definition) is 1. The molecule has 0 saturated carbocycles. The summed E-state index contributed by atoms with van der Waals surface area (Å²) in [6, 6.07) is 5.11. The molecule has 20 heavy (non-hydrogen) atoms. The third kappa shape index (κ3) is 3.64. The Morgan fingerprint density at radius 1 is 1.40 bits per heavy atom. The van der Waals surface area contributed by atoms with Crippen molar-refractivity contribution in [1.82, 2.24) is 0 Å². The molecule has 0 spiro atoms. The van der Waals surface area contributed by atoms with Crippen molar-refractivity contribution in [3.05, 3.63) is 29.3 Å². The third-order valence-corrected chi connectivity index (χ3v) is 3.26. The second kappa shape index (κ2) is 6.14. The van der Waals surface area contributed by atoms with Crippen LogP contribution in [0.25, 0.3) is 0 Å². The van der Waals surface area contributed by atoms with E-state index in [-0.39, 0.29) is 11.7 Å². The number of hydrogen-bond acceptors (Lipinski definition) is 3. The van der Waals surface area contributed by atoms with Crippen molar-refractivity contribution in [1.29, 1.82) is 5.26 Å². The van der Waals surface area contributed by atoms with Gasteiger partial charge in [0.05, 0.1) is 23.3 Å². The topological polar surface area (TPSA) is 45.0 Å². The highest BCUT2D eigenvalue weighted by Crippen LogP contribution is 2.33. The molecule has 3 nitrogen and oxygen atoms in total. The number of ether oxygens (including phenoxy) is 1. The van der Waals surface area contributed by atoms with Crippen molar-refractivity contribution in [2.75, 3.05) is 18.5 Å². The molecule has 1 aromatic rings. The minimum Gasteiger partial charge on any atom is -0.385 e. The number of benzene rings is 1. The van der Waals surface area contributed by atoms with E-state index in [2.05, 4.69) is 5.32 Å². The van der Waals surface area contributed by atoms with Crippen LogP contribution >= 0.6 is 0 Å². The lowest BCUT2D eigenvalue weighted by Crippen LogP contribution is -2.13. The maximum Gasteiger partial charge on any atom is 0.417 e. The molecule has 1 aliphatic heterocycles. The normalized spacial score (nSPS) is 18.8. The number of rotatable bonds is 4. The van der Waals surface area contributed by atoms with Crippen LogP contribution < -0.4 is 5.32 Å². The largest absolute Gasteiger partial charge is 0.417 e. The molecule has 2 rings (SSSR count). The maximum absolute atomic E-state index is 12.6. The minimum atomic E-state index is -4.50. The predicted octanol–water partition coefficient (Wildman–Crippen LogP) is 3.56. The predicted molar refractivity (Wildman–Crippen MR) is 68.2 cm³/mol. The van der Waals surface area contributed by atoms with Crippen LogP contribution in [0.3, 0.4) is 0 Å². The zero-order valence-corrected chi connectivity index (χ0v) is 10.8. The lowest BCUT2D eigenvalue weighted by molar-refractivity contribution is -0.137. The molecule has 0 aromatic heterocycles. The van der Waals surface area contributed by atoms with Crippen LogP contribution in [0.2, 0.25) is 0 Å². The molecule has 0 amide bonds. The summed E-state index contributed by atoms with van der Waals surface area (Å²) in [6.07, 6.45) is -1.38. The fraction of sp³-hybridized carbons (Fsp3) is 0.500. The van der Waals surface area contributed by atoms with Crippen molar-refractivity contribution in [3.63, 3.8) is 0 Å². The van der Waals surface area contributed by atoms with Gasteiger partial charge in [-0.3, -0.25) is 0 Å². The Morgan fingerprint density at radius 3 is 2.80 bits per heavy atom. The molecule has 1 atom stereocenters. The van der Waals surface area contributed by atoms with Crippen LogP contribution in [0.1, 0.15) is 30.4 Å². The maximum atomic E-state index is 12.6. The van der Waals surface area contributed by atoms with E-state index in [9.17, 15) is 13.2 Å². The first-order valence-corrected chi connectivity index (χ1v) is 6.47. The molecule has 0 aliphatic carbocycles. The molecule has 1 aromatic carbocycles. The van der Waals surface area contributed by atoms with Crippen LogP contribution in [-0.4, -0.2) is 19.3 Å². The van der Waals surface area contributed by atoms with E-state index < -0.39 is 11.7 Å². The van der Waals surface area contributed by atoms with E-state index in [0.29, 0.717) is 12.2 Å². The summed E-state index contributed by atoms with van der Waals surface area (Å²) in [7, 11) is 0. The summed E-state index contributed by atoms with van der Waals surface area (Å²) >= 11 is 0. The van der Waals surface area contributed by atoms with E-state index in [0.717, 1.165) is 31.9 Å². The Labute approximate surface area is 115 Å². The van der Waals surface area contributed by atoms with Crippen LogP contribution in [0, 0.1) is 11.3 Å². The zero-order chi connectivity index (χ0) is 14.6. The summed E-state index contributed by atoms with van der Waals surface area (Å²) in [4.78, 5) is 0. The highest BCUT2D eigenvalue weighted by atomic mass is 19.4. The molecule has 6 heteroatoms. The summed E-state index contributed by atoms with van der Waals surface area (Å²) in [5, 5.41) is 11.8. The van der Waals surface area contributed by atoms with Gasteiger partial charge >= 0.3 is 6.18 Å². The first-order chi connectivity index (χ1) is 9.50. The monoisotopic (exact) mass is 284 g/mol. The van der Waals surface area contributed by atoms with Crippen molar-refractivity contribution < 1.29 is 17.9 Å². The van der Waals surface area contributed by atoms with Gasteiger partial charge in [-0.25, -0.2) is 0 Å². The van der Waals surface area contributed by atoms with Gasteiger partial charge in [-0.15, -0.1) is 0 Å². The second-order valence-electron chi connectivity index (χ2n) is 4.72. The first-order valence-electron chi connectivity index (χ1n) is 6.47. The minimum absolute atomic E-state index is 0.229. The quantitative estimate of drug-likeness (QED) is 0.919. The summed E-state index contributed by atoms with van der Waals surface area (Å²) in [5.74, 6) is 0. The van der Waals surface area contributed by atoms with Crippen molar-refractivity contribution in [2.24, 2.45) is 0 Å². The van der Waals surface area contributed by atoms with E-state index in [1.54, 1.807) is 6.07 Å². The number of nitriles is 1. The molecule has 1 N–H and O–H groups in total. The van der Waals surface area contributed by atoms with Gasteiger partial charge in [0, 0.05) is 18.8 Å². The Morgan fingerprint density at radius 2 is 2.20 bits per heavy atom. The van der Waals surface area contributed by atoms with E-state index in [4.69, 9.17) is 10.00 Å². The highest BCUT2D eigenvalue weighted by Gasteiger charge is 2.33. The van der Waals surface area contributed by atoms with Crippen LogP contribution in [0.15, 0.2) is 18.2 Å². The molecule has 108 valence electrons. The van der Waals surface area contributed by atoms with Gasteiger partial charge in [-0.2, -0.15) is 18.4 Å². The number of nitrogens with one attached hydrogen (secondary N) is 1. The zero-order valence-electron chi connectivity index (χ0n) is 10.8. The van der Waals surface area contributed by atoms with Crippen LogP contribution in [0.5, 0.6) is 0 Å². The number of alkyl halides is 3. The van der Waals surface area contributed by atoms with Crippen LogP contribution in [0.4, 0.5) is 18.9 Å². The molecule has 1 heterocycles. The average Bonchev–Trinajstić information content (AvgIpc) is 2.90. The van der Waals surface area contributed by atoms with E-state index in [1.165, 1.54) is 12.1 Å². The molecule has 1 unspecified atom stereocenters. The Bertz CT molecular complexity index is 502. The fourth-order valence-corrected chi connectivity index (χ4v) is 2.24. The SMILES string of the molecule is N#Cc1cc(NCCC2CCCO2)ccc1C(F)(F)F. The molecular formula is C14H15F3N2O. The number of anilines is 1. The molecule has 0 radical (unpaired) electrons. The lowest BCUT2D eigenvalue weighted by Gasteiger charge is -2.13. The molecule has 1 aliphatic rings. The van der Waals surface area contributed by atoms with Gasteiger partial charge in [-0.1, -0.05) is 0 Å². The Hall–Kier alpha value is -1.74. The average molecular weight is 284 g/mol. The molecule has 1 saturated heterocycles. The van der Waals surface area contributed by atoms with Crippen molar-refractivity contribution >= 4 is 5.69 Å². The molecule has 0 bridgehead atoms. The smallest absolute Gasteiger partial charge is 0.385 e.